The topological polar surface area (TPSA) is 87.7 Å². The first-order chi connectivity index (χ1) is 13.4. The zero-order valence-corrected chi connectivity index (χ0v) is 16.8. The van der Waals surface area contributed by atoms with Gasteiger partial charge in [0.15, 0.2) is 0 Å². The maximum atomic E-state index is 12.8. The van der Waals surface area contributed by atoms with Crippen molar-refractivity contribution in [2.45, 2.75) is 24.8 Å². The molecule has 8 heteroatoms. The number of amides is 1. The number of carbonyl (C=O) groups is 1. The Morgan fingerprint density at radius 3 is 2.43 bits per heavy atom. The van der Waals surface area contributed by atoms with Crippen molar-refractivity contribution in [3.8, 4) is 0 Å². The first-order valence-electron chi connectivity index (χ1n) is 9.18. The van der Waals surface area contributed by atoms with Gasteiger partial charge < -0.3 is 15.4 Å². The molecule has 0 spiro atoms. The van der Waals surface area contributed by atoms with Crippen molar-refractivity contribution < 1.29 is 17.9 Å². The number of nitrogens with zero attached hydrogens (tertiary/aromatic N) is 1. The van der Waals surface area contributed by atoms with E-state index in [0.717, 1.165) is 11.3 Å². The van der Waals surface area contributed by atoms with Gasteiger partial charge in [0.05, 0.1) is 18.1 Å². The quantitative estimate of drug-likeness (QED) is 0.774. The number of hydrogen-bond acceptors (Lipinski definition) is 5. The monoisotopic (exact) mass is 403 g/mol. The molecule has 0 aliphatic carbocycles. The Kier molecular flexibility index (Phi) is 6.33. The molecule has 1 unspecified atom stereocenters. The molecule has 1 fully saturated rings. The highest BCUT2D eigenvalue weighted by atomic mass is 32.2. The lowest BCUT2D eigenvalue weighted by Gasteiger charge is -2.26. The highest BCUT2D eigenvalue weighted by molar-refractivity contribution is 7.89. The molecule has 1 aliphatic heterocycles. The second kappa shape index (κ2) is 8.72. The number of morpholine rings is 1. The zero-order chi connectivity index (χ0) is 20.1. The van der Waals surface area contributed by atoms with Crippen LogP contribution in [0.2, 0.25) is 0 Å². The van der Waals surface area contributed by atoms with E-state index < -0.39 is 16.1 Å². The van der Waals surface area contributed by atoms with Gasteiger partial charge >= 0.3 is 0 Å². The van der Waals surface area contributed by atoms with Gasteiger partial charge in [0, 0.05) is 24.5 Å². The van der Waals surface area contributed by atoms with Crippen LogP contribution in [0.1, 0.15) is 12.5 Å². The number of aryl methyl sites for hydroxylation is 1. The van der Waals surface area contributed by atoms with Gasteiger partial charge in [-0.1, -0.05) is 23.8 Å². The molecular formula is C20H25N3O4S. The van der Waals surface area contributed by atoms with Crippen LogP contribution < -0.4 is 10.6 Å². The summed E-state index contributed by atoms with van der Waals surface area (Å²) in [5.41, 5.74) is 2.43. The van der Waals surface area contributed by atoms with Crippen molar-refractivity contribution in [3.63, 3.8) is 0 Å². The molecule has 1 saturated heterocycles. The normalized spacial score (nSPS) is 16.4. The molecule has 1 amide bonds. The Bertz CT molecular complexity index is 923. The lowest BCUT2D eigenvalue weighted by atomic mass is 10.2. The molecule has 1 aliphatic rings. The third-order valence-corrected chi connectivity index (χ3v) is 6.43. The molecule has 150 valence electrons. The Labute approximate surface area is 165 Å². The standard InChI is InChI=1S/C20H25N3O4S/c1-15-6-8-17(9-7-15)21-16(2)20(24)22-18-4-3-5-19(14-18)28(25,26)23-10-12-27-13-11-23/h3-9,14,16,21H,10-13H2,1-2H3,(H,22,24). The Balaban J connectivity index is 1.68. The van der Waals surface area contributed by atoms with Crippen LogP contribution in [0.25, 0.3) is 0 Å². The number of nitrogens with one attached hydrogen (secondary N) is 2. The minimum absolute atomic E-state index is 0.159. The van der Waals surface area contributed by atoms with Gasteiger partial charge in [-0.3, -0.25) is 4.79 Å². The molecule has 2 aromatic rings. The van der Waals surface area contributed by atoms with Crippen molar-refractivity contribution in [3.05, 3.63) is 54.1 Å². The van der Waals surface area contributed by atoms with Crippen molar-refractivity contribution >= 4 is 27.3 Å². The van der Waals surface area contributed by atoms with Crippen LogP contribution in [0.3, 0.4) is 0 Å². The first-order valence-corrected chi connectivity index (χ1v) is 10.6. The van der Waals surface area contributed by atoms with Gasteiger partial charge in [-0.2, -0.15) is 4.31 Å². The lowest BCUT2D eigenvalue weighted by molar-refractivity contribution is -0.116. The number of carbonyl (C=O) groups excluding carboxylic acids is 1. The predicted molar refractivity (Wildman–Crippen MR) is 109 cm³/mol. The van der Waals surface area contributed by atoms with E-state index in [1.54, 1.807) is 19.1 Å². The fourth-order valence-electron chi connectivity index (χ4n) is 2.89. The number of rotatable bonds is 6. The van der Waals surface area contributed by atoms with Crippen molar-refractivity contribution in [2.75, 3.05) is 36.9 Å². The van der Waals surface area contributed by atoms with Crippen molar-refractivity contribution in [1.29, 1.82) is 0 Å². The molecule has 3 rings (SSSR count). The van der Waals surface area contributed by atoms with E-state index in [9.17, 15) is 13.2 Å². The highest BCUT2D eigenvalue weighted by Gasteiger charge is 2.26. The SMILES string of the molecule is Cc1ccc(NC(C)C(=O)Nc2cccc(S(=O)(=O)N3CCOCC3)c2)cc1. The molecule has 0 saturated carbocycles. The average molecular weight is 404 g/mol. The van der Waals surface area contributed by atoms with Gasteiger partial charge in [-0.25, -0.2) is 8.42 Å². The summed E-state index contributed by atoms with van der Waals surface area (Å²) in [6.07, 6.45) is 0. The molecule has 0 aromatic heterocycles. The van der Waals surface area contributed by atoms with Crippen LogP contribution in [0, 0.1) is 6.92 Å². The first kappa shape index (κ1) is 20.3. The summed E-state index contributed by atoms with van der Waals surface area (Å²) in [5, 5.41) is 5.91. The molecule has 1 atom stereocenters. The summed E-state index contributed by atoms with van der Waals surface area (Å²) in [6.45, 7) is 5.18. The minimum atomic E-state index is -3.61. The van der Waals surface area contributed by atoms with Gasteiger partial charge in [0.2, 0.25) is 15.9 Å². The zero-order valence-electron chi connectivity index (χ0n) is 16.0. The maximum Gasteiger partial charge on any atom is 0.246 e. The van der Waals surface area contributed by atoms with E-state index in [1.807, 2.05) is 31.2 Å². The fraction of sp³-hybridized carbons (Fsp3) is 0.350. The Hall–Kier alpha value is -2.42. The molecular weight excluding hydrogens is 378 g/mol. The molecule has 28 heavy (non-hydrogen) atoms. The smallest absolute Gasteiger partial charge is 0.246 e. The Morgan fingerprint density at radius 2 is 1.75 bits per heavy atom. The summed E-state index contributed by atoms with van der Waals surface area (Å²) >= 11 is 0. The number of sulfonamides is 1. The van der Waals surface area contributed by atoms with Gasteiger partial charge in [0.1, 0.15) is 6.04 Å². The lowest BCUT2D eigenvalue weighted by Crippen LogP contribution is -2.40. The van der Waals surface area contributed by atoms with Crippen LogP contribution >= 0.6 is 0 Å². The summed E-state index contributed by atoms with van der Waals surface area (Å²) in [5.74, 6) is -0.249. The number of anilines is 2. The van der Waals surface area contributed by atoms with Gasteiger partial charge in [-0.05, 0) is 44.2 Å². The third-order valence-electron chi connectivity index (χ3n) is 4.54. The van der Waals surface area contributed by atoms with Gasteiger partial charge in [0.25, 0.3) is 0 Å². The molecule has 2 aromatic carbocycles. The van der Waals surface area contributed by atoms with Crippen molar-refractivity contribution in [2.24, 2.45) is 0 Å². The van der Waals surface area contributed by atoms with Crippen LogP contribution in [0.4, 0.5) is 11.4 Å². The third kappa shape index (κ3) is 4.89. The van der Waals surface area contributed by atoms with E-state index in [0.29, 0.717) is 32.0 Å². The summed E-state index contributed by atoms with van der Waals surface area (Å²) in [4.78, 5) is 12.7. The van der Waals surface area contributed by atoms with Crippen molar-refractivity contribution in [1.82, 2.24) is 4.31 Å². The largest absolute Gasteiger partial charge is 0.379 e. The Morgan fingerprint density at radius 1 is 1.07 bits per heavy atom. The van der Waals surface area contributed by atoms with E-state index in [4.69, 9.17) is 4.74 Å². The summed E-state index contributed by atoms with van der Waals surface area (Å²) in [7, 11) is -3.61. The second-order valence-electron chi connectivity index (χ2n) is 6.77. The number of hydrogen-bond donors (Lipinski definition) is 2. The molecule has 7 nitrogen and oxygen atoms in total. The van der Waals surface area contributed by atoms with E-state index in [1.165, 1.54) is 16.4 Å². The van der Waals surface area contributed by atoms with Crippen LogP contribution in [-0.2, 0) is 19.6 Å². The minimum Gasteiger partial charge on any atom is -0.379 e. The number of ether oxygens (including phenoxy) is 1. The molecule has 1 heterocycles. The van der Waals surface area contributed by atoms with E-state index >= 15 is 0 Å². The van der Waals surface area contributed by atoms with E-state index in [2.05, 4.69) is 10.6 Å². The van der Waals surface area contributed by atoms with Crippen LogP contribution in [0.5, 0.6) is 0 Å². The number of benzene rings is 2. The highest BCUT2D eigenvalue weighted by Crippen LogP contribution is 2.21. The summed E-state index contributed by atoms with van der Waals surface area (Å²) < 4.78 is 32.2. The van der Waals surface area contributed by atoms with Gasteiger partial charge in [-0.15, -0.1) is 0 Å². The fourth-order valence-corrected chi connectivity index (χ4v) is 4.34. The molecule has 0 radical (unpaired) electrons. The maximum absolute atomic E-state index is 12.8. The van der Waals surface area contributed by atoms with E-state index in [-0.39, 0.29) is 10.8 Å². The summed E-state index contributed by atoms with van der Waals surface area (Å²) in [6, 6.07) is 13.6. The molecule has 2 N–H and O–H groups in total. The second-order valence-corrected chi connectivity index (χ2v) is 8.70. The van der Waals surface area contributed by atoms with Crippen LogP contribution in [-0.4, -0.2) is 51.0 Å². The predicted octanol–water partition coefficient (Wildman–Crippen LogP) is 2.46. The molecule has 0 bridgehead atoms. The van der Waals surface area contributed by atoms with Crippen LogP contribution in [0.15, 0.2) is 53.4 Å². The average Bonchev–Trinajstić information content (AvgIpc) is 2.70.